The normalized spacial score (nSPS) is 19.0. The van der Waals surface area contributed by atoms with Crippen LogP contribution in [0.1, 0.15) is 211 Å². The molecule has 3 aromatic rings. The number of aliphatic imine (C=N–C) groups is 2. The molecule has 0 bridgehead atoms. The second-order valence-electron chi connectivity index (χ2n) is 31.5. The first kappa shape index (κ1) is 105. The number of carboxylic acids is 1. The number of nitrogens with zero attached hydrogens (tertiary/aromatic N) is 3. The van der Waals surface area contributed by atoms with E-state index in [0.717, 1.165) is 80.0 Å². The highest BCUT2D eigenvalue weighted by Gasteiger charge is 2.44. The first-order chi connectivity index (χ1) is 59.9. The molecule has 2 fully saturated rings. The molecule has 12 amide bonds. The molecule has 10 atom stereocenters. The van der Waals surface area contributed by atoms with Crippen LogP contribution >= 0.6 is 0 Å². The lowest BCUT2D eigenvalue weighted by Gasteiger charge is -2.31. The fraction of sp³-hybridized carbons (Fsp3) is 0.643. The molecule has 0 spiro atoms. The van der Waals surface area contributed by atoms with Crippen LogP contribution in [0.2, 0.25) is 0 Å². The Bertz CT molecular complexity index is 4130. The zero-order chi connectivity index (χ0) is 91.5. The predicted octanol–water partition coefficient (Wildman–Crippen LogP) is -0.326. The number of nitrogens with two attached hydrogens (primary N) is 4. The first-order valence-corrected chi connectivity index (χ1v) is 45.2. The van der Waals surface area contributed by atoms with Crippen molar-refractivity contribution >= 4 is 115 Å². The Kier molecular flexibility index (Phi) is 48.8. The number of fused-ring (bicyclic) bond motifs is 2. The molecule has 696 valence electrons. The van der Waals surface area contributed by atoms with Gasteiger partial charge in [0.1, 0.15) is 54.9 Å². The van der Waals surface area contributed by atoms with E-state index in [1.807, 2.05) is 18.2 Å². The molecule has 1 aromatic heterocycles. The number of aliphatic carboxylic acids is 1. The number of ether oxygens (including phenoxy) is 2. The van der Waals surface area contributed by atoms with E-state index in [1.54, 1.807) is 49.5 Å². The van der Waals surface area contributed by atoms with Crippen molar-refractivity contribution in [2.24, 2.45) is 32.9 Å². The van der Waals surface area contributed by atoms with Gasteiger partial charge in [-0.05, 0) is 101 Å². The quantitative estimate of drug-likeness (QED) is 0.0195. The van der Waals surface area contributed by atoms with Crippen LogP contribution < -0.4 is 80.8 Å². The number of guanidine groups is 2. The van der Waals surface area contributed by atoms with Crippen LogP contribution in [0, 0.1) is 0 Å². The van der Waals surface area contributed by atoms with Gasteiger partial charge in [-0.1, -0.05) is 133 Å². The summed E-state index contributed by atoms with van der Waals surface area (Å²) >= 11 is 0. The molecule has 125 heavy (non-hydrogen) atoms. The monoisotopic (exact) mass is 1780 g/mol. The molecule has 2 aliphatic rings. The Balaban J connectivity index is 1.21. The standard InChI is InChI=1S/C84H133N19O21S/c1-3-4-30-63(97-80(118)68(53-104)101-75(113)62(33-24-41-91-83(85)86)94-73(110)54-124-46-45-123-44-43-90-70(107)36-26-47-125(121,122)102-72(109)35-18-13-11-9-7-5-6-8-10-12-14-19-37-74(111)112)76(114)98-65-38-39-71(108)89-40-23-22-31-60(55(2)105)95-79(117)67(49-57-51-93-61-32-21-20-29-59(57)61)99-77(115)64(34-25-42-92-84(87)88)96-78(116)66(48-56-27-16-15-17-28-56)100-81(119)69-50-58(106)52-103(69)82(65)120/h15-17,20-21,27-29,32,51,58,60,62-69,93,104,106H,3-14,18-19,22-26,30-31,33-50,52-54H2,1-2H3,(H,89,108)(H,90,107)(H,94,110)(H,95,117)(H,96,116)(H,97,118)(H,98,114)(H,99,115)(H,100,119)(H,101,113)(H,102,109)(H,111,112)(H4,85,86,91)(H4,87,88,92)/t58-,60+,62+,63+,64+,65+,66-,67+,68+,69+/m1/s1. The number of benzene rings is 2. The number of sulfonamides is 1. The third-order valence-corrected chi connectivity index (χ3v) is 22.5. The van der Waals surface area contributed by atoms with Gasteiger partial charge in [0.05, 0.1) is 44.3 Å². The number of hydrogen-bond donors (Lipinski definition) is 19. The molecule has 0 unspecified atom stereocenters. The van der Waals surface area contributed by atoms with Crippen LogP contribution in [0.25, 0.3) is 10.9 Å². The molecule has 2 aliphatic heterocycles. The van der Waals surface area contributed by atoms with Crippen LogP contribution in [0.3, 0.4) is 0 Å². The lowest BCUT2D eigenvalue weighted by molar-refractivity contribution is -0.143. The van der Waals surface area contributed by atoms with Gasteiger partial charge >= 0.3 is 5.97 Å². The highest BCUT2D eigenvalue weighted by molar-refractivity contribution is 7.90. The lowest BCUT2D eigenvalue weighted by Crippen LogP contribution is -2.61. The molecule has 40 nitrogen and oxygen atoms in total. The molecule has 23 N–H and O–H groups in total. The molecule has 0 radical (unpaired) electrons. The molecule has 3 heterocycles. The van der Waals surface area contributed by atoms with Crippen molar-refractivity contribution in [2.75, 3.05) is 71.5 Å². The molecular weight excluding hydrogens is 1640 g/mol. The van der Waals surface area contributed by atoms with Crippen molar-refractivity contribution in [3.05, 3.63) is 71.9 Å². The maximum absolute atomic E-state index is 15.2. The highest BCUT2D eigenvalue weighted by atomic mass is 32.2. The summed E-state index contributed by atoms with van der Waals surface area (Å²) in [5.41, 5.74) is 24.3. The van der Waals surface area contributed by atoms with Crippen molar-refractivity contribution < 1.29 is 100 Å². The number of carbonyl (C=O) groups excluding carboxylic acids is 13. The third kappa shape index (κ3) is 42.1. The number of aliphatic hydroxyl groups is 2. The Morgan fingerprint density at radius 2 is 1.18 bits per heavy atom. The number of amides is 12. The van der Waals surface area contributed by atoms with Gasteiger partial charge in [-0.25, -0.2) is 8.42 Å². The van der Waals surface area contributed by atoms with Crippen LogP contribution in [-0.2, 0) is 99.5 Å². The number of unbranched alkanes of at least 4 members (excludes halogenated alkanes) is 12. The van der Waals surface area contributed by atoms with Gasteiger partial charge in [-0.3, -0.25) is 81.8 Å². The minimum atomic E-state index is -3.96. The van der Waals surface area contributed by atoms with Crippen LogP contribution in [0.5, 0.6) is 0 Å². The van der Waals surface area contributed by atoms with Gasteiger partial charge in [0.25, 0.3) is 0 Å². The van der Waals surface area contributed by atoms with Crippen LogP contribution in [-0.4, -0.2) is 260 Å². The number of rotatable bonds is 52. The van der Waals surface area contributed by atoms with E-state index in [0.29, 0.717) is 30.4 Å². The summed E-state index contributed by atoms with van der Waals surface area (Å²) in [7, 11) is -3.96. The zero-order valence-corrected chi connectivity index (χ0v) is 72.8. The van der Waals surface area contributed by atoms with Gasteiger partial charge in [-0.2, -0.15) is 0 Å². The van der Waals surface area contributed by atoms with Crippen molar-refractivity contribution in [2.45, 2.75) is 273 Å². The second kappa shape index (κ2) is 58.3. The molecule has 0 saturated carbocycles. The Morgan fingerprint density at radius 1 is 0.608 bits per heavy atom. The van der Waals surface area contributed by atoms with E-state index in [4.69, 9.17) is 37.5 Å². The number of hydrogen-bond acceptors (Lipinski definition) is 22. The minimum absolute atomic E-state index is 0.00649. The third-order valence-electron chi connectivity index (χ3n) is 21.1. The van der Waals surface area contributed by atoms with Crippen LogP contribution in [0.4, 0.5) is 0 Å². The van der Waals surface area contributed by atoms with E-state index in [1.165, 1.54) is 6.92 Å². The first-order valence-electron chi connectivity index (χ1n) is 43.5. The number of nitrogens with one attached hydrogen (secondary N) is 12. The van der Waals surface area contributed by atoms with Gasteiger partial charge in [-0.15, -0.1) is 0 Å². The average Bonchev–Trinajstić information content (AvgIpc) is 1.68. The summed E-state index contributed by atoms with van der Waals surface area (Å²) in [5, 5.41) is 58.1. The number of H-pyrrole nitrogens is 1. The summed E-state index contributed by atoms with van der Waals surface area (Å²) in [6, 6.07) is 2.60. The number of Topliss-reactive ketones (excluding diaryl/α,β-unsaturated/α-hetero) is 1. The average molecular weight is 1780 g/mol. The zero-order valence-electron chi connectivity index (χ0n) is 72.0. The minimum Gasteiger partial charge on any atom is -0.481 e. The summed E-state index contributed by atoms with van der Waals surface area (Å²) in [6.07, 6.45) is 11.8. The summed E-state index contributed by atoms with van der Waals surface area (Å²) in [4.78, 5) is 206. The topological polar surface area (TPSA) is 632 Å². The number of ketones is 1. The number of carbonyl (C=O) groups is 14. The number of para-hydroxylation sites is 1. The highest BCUT2D eigenvalue weighted by Crippen LogP contribution is 2.24. The Morgan fingerprint density at radius 3 is 1.85 bits per heavy atom. The molecule has 41 heteroatoms. The molecular formula is C84H133N19O21S. The smallest absolute Gasteiger partial charge is 0.303 e. The van der Waals surface area contributed by atoms with E-state index in [9.17, 15) is 81.0 Å². The Labute approximate surface area is 730 Å². The maximum Gasteiger partial charge on any atom is 0.303 e. The summed E-state index contributed by atoms with van der Waals surface area (Å²) in [5.74, 6) is -11.9. The van der Waals surface area contributed by atoms with E-state index in [-0.39, 0.29) is 161 Å². The number of carboxylic acid groups (broad SMARTS) is 1. The van der Waals surface area contributed by atoms with Gasteiger partial charge in [0, 0.05) is 94.8 Å². The Hall–Kier alpha value is -10.9. The number of aromatic nitrogens is 1. The largest absolute Gasteiger partial charge is 0.481 e. The van der Waals surface area contributed by atoms with Crippen molar-refractivity contribution in [3.8, 4) is 0 Å². The fourth-order valence-corrected chi connectivity index (χ4v) is 15.4. The van der Waals surface area contributed by atoms with E-state index < -0.39 is 191 Å². The molecule has 5 rings (SSSR count). The van der Waals surface area contributed by atoms with E-state index in [2.05, 4.69) is 72.9 Å². The molecule has 2 saturated heterocycles. The van der Waals surface area contributed by atoms with Crippen molar-refractivity contribution in [1.29, 1.82) is 0 Å². The van der Waals surface area contributed by atoms with Gasteiger partial charge < -0.3 is 111 Å². The fourth-order valence-electron chi connectivity index (χ4n) is 14.3. The predicted molar refractivity (Wildman–Crippen MR) is 465 cm³/mol. The summed E-state index contributed by atoms with van der Waals surface area (Å²) in [6.45, 7) is 0.928. The number of aliphatic hydroxyl groups excluding tert-OH is 2. The SMILES string of the molecule is CCCC[C@H](NC(=O)[C@H](CO)NC(=O)[C@H](CCCN=C(N)N)NC(=O)COCCOCCNC(=O)CCCS(=O)(=O)NC(=O)CCCCCCCCCCCCCCC(=O)O)C(=O)N[C@H]1CCC(=O)NCCCC[C@@H](C(C)=O)NC(=O)[C@H](Cc2c[nH]c3ccccc23)NC(=O)[C@H](CCCN=C(N)N)NC(=O)[C@@H](Cc2ccccc2)NC(=O)[C@@H]2C[C@@H](O)CN2C1=O. The lowest BCUT2D eigenvalue weighted by atomic mass is 10.0. The molecule has 0 aliphatic carbocycles. The van der Waals surface area contributed by atoms with E-state index >= 15 is 4.79 Å². The summed E-state index contributed by atoms with van der Waals surface area (Å²) < 4.78 is 38.1. The second-order valence-corrected chi connectivity index (χ2v) is 33.4. The maximum atomic E-state index is 15.2. The number of aromatic amines is 1. The van der Waals surface area contributed by atoms with Gasteiger partial charge in [0.2, 0.25) is 80.9 Å². The van der Waals surface area contributed by atoms with Crippen molar-refractivity contribution in [1.82, 2.24) is 67.8 Å². The van der Waals surface area contributed by atoms with Crippen LogP contribution in [0.15, 0.2) is 70.8 Å². The van der Waals surface area contributed by atoms with Gasteiger partial charge in [0.15, 0.2) is 17.7 Å². The molecule has 2 aromatic carbocycles. The van der Waals surface area contributed by atoms with Crippen molar-refractivity contribution in [3.63, 3.8) is 0 Å².